The Morgan fingerprint density at radius 2 is 1.90 bits per heavy atom. The van der Waals surface area contributed by atoms with E-state index >= 15 is 0 Å². The number of amides is 2. The molecule has 1 aromatic carbocycles. The third kappa shape index (κ3) is 5.17. The van der Waals surface area contributed by atoms with E-state index in [-0.39, 0.29) is 31.1 Å². The summed E-state index contributed by atoms with van der Waals surface area (Å²) in [6.45, 7) is 2.27. The zero-order valence-electron chi connectivity index (χ0n) is 15.9. The highest BCUT2D eigenvalue weighted by Gasteiger charge is 2.36. The Morgan fingerprint density at radius 1 is 1.17 bits per heavy atom. The summed E-state index contributed by atoms with van der Waals surface area (Å²) in [7, 11) is -3.77. The van der Waals surface area contributed by atoms with Crippen LogP contribution in [0.4, 0.5) is 0 Å². The summed E-state index contributed by atoms with van der Waals surface area (Å²) in [5.74, 6) is -1.68. The minimum absolute atomic E-state index is 0.135. The first-order valence-corrected chi connectivity index (χ1v) is 10.5. The third-order valence-corrected chi connectivity index (χ3v) is 6.29. The van der Waals surface area contributed by atoms with E-state index in [1.54, 1.807) is 36.7 Å². The van der Waals surface area contributed by atoms with E-state index in [1.165, 1.54) is 16.4 Å². The third-order valence-electron chi connectivity index (χ3n) is 4.39. The van der Waals surface area contributed by atoms with Crippen molar-refractivity contribution >= 4 is 21.8 Å². The van der Waals surface area contributed by atoms with E-state index in [0.29, 0.717) is 0 Å². The Kier molecular flexibility index (Phi) is 6.57. The van der Waals surface area contributed by atoms with Crippen molar-refractivity contribution in [3.05, 3.63) is 59.9 Å². The number of carbonyl (C=O) groups excluding carboxylic acids is 2. The normalized spacial score (nSPS) is 17.1. The first-order chi connectivity index (χ1) is 13.9. The summed E-state index contributed by atoms with van der Waals surface area (Å²) in [5, 5.41) is 4.91. The zero-order chi connectivity index (χ0) is 20.9. The summed E-state index contributed by atoms with van der Waals surface area (Å²) in [6, 6.07) is 9.99. The second-order valence-corrected chi connectivity index (χ2v) is 8.40. The van der Waals surface area contributed by atoms with Gasteiger partial charge in [0.05, 0.1) is 18.0 Å². The van der Waals surface area contributed by atoms with Crippen LogP contribution >= 0.6 is 0 Å². The molecule has 1 fully saturated rings. The van der Waals surface area contributed by atoms with Crippen LogP contribution in [0.3, 0.4) is 0 Å². The maximum atomic E-state index is 12.8. The van der Waals surface area contributed by atoms with Crippen molar-refractivity contribution in [1.82, 2.24) is 19.9 Å². The number of pyridine rings is 1. The lowest BCUT2D eigenvalue weighted by Gasteiger charge is -2.22. The monoisotopic (exact) mass is 418 g/mol. The Hall–Kier alpha value is -2.82. The summed E-state index contributed by atoms with van der Waals surface area (Å²) >= 11 is 0. The highest BCUT2D eigenvalue weighted by molar-refractivity contribution is 7.89. The van der Waals surface area contributed by atoms with Gasteiger partial charge in [-0.15, -0.1) is 0 Å². The first-order valence-electron chi connectivity index (χ1n) is 9.03. The van der Waals surface area contributed by atoms with E-state index < -0.39 is 28.1 Å². The number of aromatic nitrogens is 1. The molecule has 29 heavy (non-hydrogen) atoms. The van der Waals surface area contributed by atoms with Crippen LogP contribution in [-0.2, 0) is 30.9 Å². The average molecular weight is 418 g/mol. The molecular weight excluding hydrogens is 396 g/mol. The van der Waals surface area contributed by atoms with Crippen molar-refractivity contribution < 1.29 is 22.7 Å². The van der Waals surface area contributed by atoms with Crippen molar-refractivity contribution in [1.29, 1.82) is 0 Å². The van der Waals surface area contributed by atoms with Crippen LogP contribution in [0.2, 0.25) is 0 Å². The molecule has 2 amide bonds. The van der Waals surface area contributed by atoms with Crippen molar-refractivity contribution in [2.45, 2.75) is 24.6 Å². The van der Waals surface area contributed by atoms with E-state index in [2.05, 4.69) is 15.6 Å². The van der Waals surface area contributed by atoms with Gasteiger partial charge in [0.2, 0.25) is 10.0 Å². The van der Waals surface area contributed by atoms with Gasteiger partial charge in [-0.2, -0.15) is 4.31 Å². The molecule has 0 spiro atoms. The molecule has 3 rings (SSSR count). The van der Waals surface area contributed by atoms with E-state index in [0.717, 1.165) is 11.1 Å². The number of benzene rings is 1. The summed E-state index contributed by atoms with van der Waals surface area (Å²) in [5.41, 5.74) is 1.70. The van der Waals surface area contributed by atoms with Crippen molar-refractivity contribution in [3.8, 4) is 0 Å². The maximum absolute atomic E-state index is 12.8. The van der Waals surface area contributed by atoms with Crippen LogP contribution < -0.4 is 10.6 Å². The van der Waals surface area contributed by atoms with Gasteiger partial charge in [-0.1, -0.05) is 23.8 Å². The van der Waals surface area contributed by atoms with Crippen LogP contribution in [0.5, 0.6) is 0 Å². The number of nitrogens with zero attached hydrogens (tertiary/aromatic N) is 2. The fraction of sp³-hybridized carbons (Fsp3) is 0.316. The number of hydrogen-bond acceptors (Lipinski definition) is 6. The van der Waals surface area contributed by atoms with Gasteiger partial charge < -0.3 is 15.4 Å². The number of ether oxygens (including phenoxy) is 1. The lowest BCUT2D eigenvalue weighted by molar-refractivity contribution is -0.139. The van der Waals surface area contributed by atoms with Crippen molar-refractivity contribution in [2.24, 2.45) is 0 Å². The SMILES string of the molecule is Cc1ccc(S(=O)(=O)N2CCO[C@H]2CNC(=O)C(=O)NCc2cccnc2)cc1. The van der Waals surface area contributed by atoms with Gasteiger partial charge in [0, 0.05) is 25.5 Å². The van der Waals surface area contributed by atoms with Crippen LogP contribution in [0.15, 0.2) is 53.7 Å². The molecule has 1 aliphatic heterocycles. The van der Waals surface area contributed by atoms with Crippen LogP contribution in [-0.4, -0.2) is 55.4 Å². The lowest BCUT2D eigenvalue weighted by Crippen LogP contribution is -2.47. The predicted octanol–water partition coefficient (Wildman–Crippen LogP) is 0.170. The number of hydrogen-bond donors (Lipinski definition) is 2. The van der Waals surface area contributed by atoms with Crippen molar-refractivity contribution in [2.75, 3.05) is 19.7 Å². The van der Waals surface area contributed by atoms with Gasteiger partial charge in [0.1, 0.15) is 6.23 Å². The molecule has 1 saturated heterocycles. The van der Waals surface area contributed by atoms with Gasteiger partial charge in [-0.05, 0) is 30.7 Å². The van der Waals surface area contributed by atoms with Gasteiger partial charge in [0.25, 0.3) is 0 Å². The largest absolute Gasteiger partial charge is 0.359 e. The molecule has 9 nitrogen and oxygen atoms in total. The molecule has 0 unspecified atom stereocenters. The lowest BCUT2D eigenvalue weighted by atomic mass is 10.2. The molecule has 0 aliphatic carbocycles. The minimum Gasteiger partial charge on any atom is -0.359 e. The molecule has 1 aliphatic rings. The number of nitrogens with one attached hydrogen (secondary N) is 2. The molecule has 1 atom stereocenters. The molecule has 2 heterocycles. The Morgan fingerprint density at radius 3 is 2.59 bits per heavy atom. The average Bonchev–Trinajstić information content (AvgIpc) is 3.21. The van der Waals surface area contributed by atoms with Gasteiger partial charge in [-0.25, -0.2) is 8.42 Å². The molecule has 0 radical (unpaired) electrons. The van der Waals surface area contributed by atoms with Gasteiger partial charge in [0.15, 0.2) is 0 Å². The highest BCUT2D eigenvalue weighted by Crippen LogP contribution is 2.22. The van der Waals surface area contributed by atoms with Gasteiger partial charge >= 0.3 is 11.8 Å². The number of sulfonamides is 1. The Bertz CT molecular complexity index is 964. The smallest absolute Gasteiger partial charge is 0.309 e. The molecule has 10 heteroatoms. The molecule has 2 N–H and O–H groups in total. The topological polar surface area (TPSA) is 118 Å². The van der Waals surface area contributed by atoms with Crippen LogP contribution in [0.1, 0.15) is 11.1 Å². The number of rotatable bonds is 6. The van der Waals surface area contributed by atoms with Crippen molar-refractivity contribution in [3.63, 3.8) is 0 Å². The van der Waals surface area contributed by atoms with E-state index in [1.807, 2.05) is 6.92 Å². The second-order valence-electron chi connectivity index (χ2n) is 6.51. The fourth-order valence-electron chi connectivity index (χ4n) is 2.81. The molecule has 0 bridgehead atoms. The highest BCUT2D eigenvalue weighted by atomic mass is 32.2. The van der Waals surface area contributed by atoms with Crippen LogP contribution in [0.25, 0.3) is 0 Å². The fourth-order valence-corrected chi connectivity index (χ4v) is 4.32. The first kappa shape index (κ1) is 20.9. The zero-order valence-corrected chi connectivity index (χ0v) is 16.7. The Labute approximate surface area is 169 Å². The number of aryl methyl sites for hydroxylation is 1. The van der Waals surface area contributed by atoms with E-state index in [9.17, 15) is 18.0 Å². The summed E-state index contributed by atoms with van der Waals surface area (Å²) < 4.78 is 32.3. The summed E-state index contributed by atoms with van der Waals surface area (Å²) in [4.78, 5) is 28.0. The molecular formula is C19H22N4O5S. The number of carbonyl (C=O) groups is 2. The maximum Gasteiger partial charge on any atom is 0.309 e. The predicted molar refractivity (Wildman–Crippen MR) is 104 cm³/mol. The standard InChI is InChI=1S/C19H22N4O5S/c1-14-4-6-16(7-5-14)29(26,27)23-9-10-28-17(23)13-22-19(25)18(24)21-12-15-3-2-8-20-11-15/h2-8,11,17H,9-10,12-13H2,1H3,(H,21,24)(H,22,25)/t17-/m0/s1. The van der Waals surface area contributed by atoms with Gasteiger partial charge in [-0.3, -0.25) is 14.6 Å². The van der Waals surface area contributed by atoms with Crippen LogP contribution in [0, 0.1) is 6.92 Å². The second kappa shape index (κ2) is 9.12. The molecule has 154 valence electrons. The quantitative estimate of drug-likeness (QED) is 0.646. The van der Waals surface area contributed by atoms with E-state index in [4.69, 9.17) is 4.74 Å². The summed E-state index contributed by atoms with van der Waals surface area (Å²) in [6.07, 6.45) is 2.31. The molecule has 0 saturated carbocycles. The molecule has 1 aromatic heterocycles. The molecule has 2 aromatic rings. The Balaban J connectivity index is 1.55. The minimum atomic E-state index is -3.77.